The minimum absolute atomic E-state index is 0.140. The van der Waals surface area contributed by atoms with Gasteiger partial charge in [0, 0.05) is 11.1 Å². The quantitative estimate of drug-likeness (QED) is 0.796. The summed E-state index contributed by atoms with van der Waals surface area (Å²) in [7, 11) is 0. The molecular formula is C17H18Cl2FN. The summed E-state index contributed by atoms with van der Waals surface area (Å²) in [5.74, 6) is -0.326. The van der Waals surface area contributed by atoms with Crippen molar-refractivity contribution in [1.82, 2.24) is 5.32 Å². The highest BCUT2D eigenvalue weighted by molar-refractivity contribution is 6.31. The fourth-order valence-electron chi connectivity index (χ4n) is 2.43. The molecule has 0 saturated carbocycles. The molecule has 21 heavy (non-hydrogen) atoms. The van der Waals surface area contributed by atoms with Crippen molar-refractivity contribution in [1.29, 1.82) is 0 Å². The summed E-state index contributed by atoms with van der Waals surface area (Å²) in [5.41, 5.74) is 1.77. The van der Waals surface area contributed by atoms with E-state index in [1.807, 2.05) is 31.2 Å². The van der Waals surface area contributed by atoms with Crippen LogP contribution in [0.25, 0.3) is 0 Å². The van der Waals surface area contributed by atoms with Crippen LogP contribution in [0.5, 0.6) is 0 Å². The highest BCUT2D eigenvalue weighted by Crippen LogP contribution is 2.20. The SMILES string of the molecule is CCNC(Cc1cccc(Cl)c1)Cc1cccc(Cl)c1F. The Hall–Kier alpha value is -1.09. The van der Waals surface area contributed by atoms with E-state index in [1.165, 1.54) is 0 Å². The standard InChI is InChI=1S/C17H18Cl2FN/c1-2-21-15(10-12-5-3-7-14(18)9-12)11-13-6-4-8-16(19)17(13)20/h3-9,15,21H,2,10-11H2,1H3. The third-order valence-electron chi connectivity index (χ3n) is 3.36. The second-order valence-corrected chi connectivity index (χ2v) is 5.85. The van der Waals surface area contributed by atoms with Crippen molar-refractivity contribution in [3.8, 4) is 0 Å². The molecule has 0 aromatic heterocycles. The van der Waals surface area contributed by atoms with Gasteiger partial charge >= 0.3 is 0 Å². The maximum absolute atomic E-state index is 14.0. The number of likely N-dealkylation sites (N-methyl/N-ethyl adjacent to an activating group) is 1. The number of hydrogen-bond acceptors (Lipinski definition) is 1. The number of nitrogens with one attached hydrogen (secondary N) is 1. The average Bonchev–Trinajstić information content (AvgIpc) is 2.44. The molecule has 0 fully saturated rings. The van der Waals surface area contributed by atoms with Gasteiger partial charge in [0.15, 0.2) is 0 Å². The van der Waals surface area contributed by atoms with E-state index >= 15 is 0 Å². The van der Waals surface area contributed by atoms with Gasteiger partial charge in [0.05, 0.1) is 5.02 Å². The molecule has 0 heterocycles. The minimum Gasteiger partial charge on any atom is -0.314 e. The van der Waals surface area contributed by atoms with E-state index in [0.717, 1.165) is 23.6 Å². The van der Waals surface area contributed by atoms with E-state index < -0.39 is 0 Å². The highest BCUT2D eigenvalue weighted by atomic mass is 35.5. The first-order valence-electron chi connectivity index (χ1n) is 7.01. The monoisotopic (exact) mass is 325 g/mol. The van der Waals surface area contributed by atoms with Crippen molar-refractivity contribution in [3.05, 3.63) is 69.5 Å². The maximum atomic E-state index is 14.0. The van der Waals surface area contributed by atoms with Gasteiger partial charge in [0.1, 0.15) is 5.82 Å². The number of halogens is 3. The summed E-state index contributed by atoms with van der Waals surface area (Å²) < 4.78 is 14.0. The molecule has 2 aromatic carbocycles. The molecule has 1 nitrogen and oxygen atoms in total. The van der Waals surface area contributed by atoms with Gasteiger partial charge in [0.2, 0.25) is 0 Å². The van der Waals surface area contributed by atoms with Crippen LogP contribution in [0.4, 0.5) is 4.39 Å². The summed E-state index contributed by atoms with van der Waals surface area (Å²) in [5, 5.41) is 4.28. The Labute approximate surface area is 135 Å². The highest BCUT2D eigenvalue weighted by Gasteiger charge is 2.14. The van der Waals surface area contributed by atoms with E-state index in [1.54, 1.807) is 18.2 Å². The molecule has 0 bridgehead atoms. The van der Waals surface area contributed by atoms with Crippen molar-refractivity contribution in [2.75, 3.05) is 6.54 Å². The van der Waals surface area contributed by atoms with Crippen LogP contribution in [0.1, 0.15) is 18.1 Å². The normalized spacial score (nSPS) is 12.4. The Balaban J connectivity index is 2.13. The first kappa shape index (κ1) is 16.3. The van der Waals surface area contributed by atoms with E-state index in [0.29, 0.717) is 12.0 Å². The molecule has 0 aliphatic heterocycles. The molecule has 0 saturated heterocycles. The smallest absolute Gasteiger partial charge is 0.145 e. The van der Waals surface area contributed by atoms with Crippen LogP contribution in [0.3, 0.4) is 0 Å². The summed E-state index contributed by atoms with van der Waals surface area (Å²) in [6, 6.07) is 13.0. The molecule has 1 N–H and O–H groups in total. The largest absolute Gasteiger partial charge is 0.314 e. The van der Waals surface area contributed by atoms with E-state index in [4.69, 9.17) is 23.2 Å². The van der Waals surface area contributed by atoms with Crippen LogP contribution in [0, 0.1) is 5.82 Å². The van der Waals surface area contributed by atoms with Crippen LogP contribution in [0.15, 0.2) is 42.5 Å². The molecule has 0 radical (unpaired) electrons. The maximum Gasteiger partial charge on any atom is 0.145 e. The van der Waals surface area contributed by atoms with E-state index in [9.17, 15) is 4.39 Å². The average molecular weight is 326 g/mol. The zero-order chi connectivity index (χ0) is 15.2. The lowest BCUT2D eigenvalue weighted by atomic mass is 9.98. The lowest BCUT2D eigenvalue weighted by Crippen LogP contribution is -2.33. The molecule has 0 spiro atoms. The molecule has 0 aliphatic carbocycles. The Morgan fingerprint density at radius 3 is 2.57 bits per heavy atom. The predicted molar refractivity (Wildman–Crippen MR) is 87.7 cm³/mol. The number of benzene rings is 2. The molecule has 1 atom stereocenters. The van der Waals surface area contributed by atoms with Crippen molar-refractivity contribution in [2.45, 2.75) is 25.8 Å². The molecule has 0 amide bonds. The van der Waals surface area contributed by atoms with Crippen LogP contribution < -0.4 is 5.32 Å². The molecule has 112 valence electrons. The topological polar surface area (TPSA) is 12.0 Å². The number of rotatable bonds is 6. The summed E-state index contributed by atoms with van der Waals surface area (Å²) in [4.78, 5) is 0. The fraction of sp³-hybridized carbons (Fsp3) is 0.294. The van der Waals surface area contributed by atoms with Gasteiger partial charge < -0.3 is 5.32 Å². The summed E-state index contributed by atoms with van der Waals surface area (Å²) >= 11 is 11.9. The molecule has 0 aliphatic rings. The Morgan fingerprint density at radius 2 is 1.86 bits per heavy atom. The van der Waals surface area contributed by atoms with E-state index in [-0.39, 0.29) is 16.9 Å². The number of hydrogen-bond donors (Lipinski definition) is 1. The minimum atomic E-state index is -0.326. The van der Waals surface area contributed by atoms with Crippen molar-refractivity contribution >= 4 is 23.2 Å². The summed E-state index contributed by atoms with van der Waals surface area (Å²) in [6.07, 6.45) is 1.38. The van der Waals surface area contributed by atoms with E-state index in [2.05, 4.69) is 5.32 Å². The zero-order valence-electron chi connectivity index (χ0n) is 11.9. The third kappa shape index (κ3) is 4.70. The second-order valence-electron chi connectivity index (χ2n) is 5.01. The van der Waals surface area contributed by atoms with Gasteiger partial charge in [-0.3, -0.25) is 0 Å². The van der Waals surface area contributed by atoms with Gasteiger partial charge in [0.25, 0.3) is 0 Å². The van der Waals surface area contributed by atoms with Gasteiger partial charge in [-0.05, 0) is 48.7 Å². The Morgan fingerprint density at radius 1 is 1.10 bits per heavy atom. The molecule has 2 aromatic rings. The van der Waals surface area contributed by atoms with Crippen LogP contribution in [0.2, 0.25) is 10.0 Å². The van der Waals surface area contributed by atoms with Crippen molar-refractivity contribution < 1.29 is 4.39 Å². The fourth-order valence-corrected chi connectivity index (χ4v) is 2.83. The van der Waals surface area contributed by atoms with Gasteiger partial charge in [-0.25, -0.2) is 4.39 Å². The van der Waals surface area contributed by atoms with Crippen LogP contribution in [-0.2, 0) is 12.8 Å². The van der Waals surface area contributed by atoms with Crippen LogP contribution >= 0.6 is 23.2 Å². The van der Waals surface area contributed by atoms with Crippen molar-refractivity contribution in [2.24, 2.45) is 0 Å². The first-order valence-corrected chi connectivity index (χ1v) is 7.76. The lowest BCUT2D eigenvalue weighted by Gasteiger charge is -2.19. The Bertz CT molecular complexity index is 601. The molecular weight excluding hydrogens is 308 g/mol. The predicted octanol–water partition coefficient (Wildman–Crippen LogP) is 4.90. The zero-order valence-corrected chi connectivity index (χ0v) is 13.4. The van der Waals surface area contributed by atoms with Gasteiger partial charge in [-0.2, -0.15) is 0 Å². The molecule has 4 heteroatoms. The summed E-state index contributed by atoms with van der Waals surface area (Å²) in [6.45, 7) is 2.87. The van der Waals surface area contributed by atoms with Gasteiger partial charge in [-0.15, -0.1) is 0 Å². The molecule has 1 unspecified atom stereocenters. The third-order valence-corrected chi connectivity index (χ3v) is 3.89. The Kier molecular flexibility index (Phi) is 6.04. The lowest BCUT2D eigenvalue weighted by molar-refractivity contribution is 0.506. The van der Waals surface area contributed by atoms with Crippen molar-refractivity contribution in [3.63, 3.8) is 0 Å². The first-order chi connectivity index (χ1) is 10.1. The van der Waals surface area contributed by atoms with Crippen LogP contribution in [-0.4, -0.2) is 12.6 Å². The second kappa shape index (κ2) is 7.79. The van der Waals surface area contributed by atoms with Gasteiger partial charge in [-0.1, -0.05) is 54.4 Å². The molecule has 2 rings (SSSR count).